The van der Waals surface area contributed by atoms with Crippen molar-refractivity contribution < 1.29 is 18.6 Å². The molecule has 0 radical (unpaired) electrons. The maximum absolute atomic E-state index is 14.1. The lowest BCUT2D eigenvalue weighted by Gasteiger charge is -2.20. The summed E-state index contributed by atoms with van der Waals surface area (Å²) < 4.78 is 34.0. The molecule has 1 aromatic rings. The Labute approximate surface area is 114 Å². The molecule has 2 heterocycles. The third kappa shape index (κ3) is 2.53. The Morgan fingerprint density at radius 2 is 2.25 bits per heavy atom. The highest BCUT2D eigenvalue weighted by atomic mass is 19.3. The molecule has 2 rings (SSSR count). The molecule has 1 unspecified atom stereocenters. The molecular formula is C12H17F2N3O3. The highest BCUT2D eigenvalue weighted by Gasteiger charge is 2.59. The number of aliphatic hydroxyl groups excluding tert-OH is 1. The Balaban J connectivity index is 2.34. The van der Waals surface area contributed by atoms with Crippen LogP contribution in [0, 0.1) is 5.92 Å². The van der Waals surface area contributed by atoms with E-state index in [1.165, 1.54) is 6.07 Å². The zero-order valence-corrected chi connectivity index (χ0v) is 11.2. The Morgan fingerprint density at radius 3 is 2.80 bits per heavy atom. The van der Waals surface area contributed by atoms with Crippen molar-refractivity contribution >= 4 is 5.82 Å². The van der Waals surface area contributed by atoms with E-state index in [2.05, 4.69) is 4.98 Å². The largest absolute Gasteiger partial charge is 0.384 e. The molecule has 0 saturated carbocycles. The van der Waals surface area contributed by atoms with Crippen LogP contribution in [-0.2, 0) is 4.74 Å². The summed E-state index contributed by atoms with van der Waals surface area (Å²) in [6, 6.07) is 1.23. The normalized spacial score (nSPS) is 29.0. The highest BCUT2D eigenvalue weighted by Crippen LogP contribution is 2.43. The first kappa shape index (κ1) is 14.9. The fraction of sp³-hybridized carbons (Fsp3) is 0.667. The summed E-state index contributed by atoms with van der Waals surface area (Å²) in [5, 5.41) is 9.71. The van der Waals surface area contributed by atoms with Gasteiger partial charge in [-0.2, -0.15) is 13.8 Å². The Hall–Kier alpha value is -1.54. The van der Waals surface area contributed by atoms with Crippen LogP contribution >= 0.6 is 0 Å². The van der Waals surface area contributed by atoms with Gasteiger partial charge in [0.2, 0.25) is 6.23 Å². The van der Waals surface area contributed by atoms with Gasteiger partial charge in [0.05, 0.1) is 6.10 Å². The molecule has 0 bridgehead atoms. The van der Waals surface area contributed by atoms with E-state index in [1.54, 1.807) is 0 Å². The molecule has 0 aromatic carbocycles. The van der Waals surface area contributed by atoms with Gasteiger partial charge in [-0.15, -0.1) is 0 Å². The smallest absolute Gasteiger partial charge is 0.351 e. The van der Waals surface area contributed by atoms with Crippen molar-refractivity contribution in [1.29, 1.82) is 0 Å². The third-order valence-electron chi connectivity index (χ3n) is 3.19. The minimum Gasteiger partial charge on any atom is -0.384 e. The minimum absolute atomic E-state index is 0.0631. The van der Waals surface area contributed by atoms with Gasteiger partial charge >= 0.3 is 11.6 Å². The fourth-order valence-corrected chi connectivity index (χ4v) is 2.23. The average Bonchev–Trinajstić information content (AvgIpc) is 2.53. The minimum atomic E-state index is -3.57. The highest BCUT2D eigenvalue weighted by molar-refractivity contribution is 5.23. The summed E-state index contributed by atoms with van der Waals surface area (Å²) in [5.41, 5.74) is 4.37. The molecule has 1 saturated heterocycles. The molecular weight excluding hydrogens is 272 g/mol. The standard InChI is InChI=1S/C12H17F2N3O3/c1-6(2)5-7-9(18)12(13,14)10(20-7)17-4-3-8(15)16-11(17)19/h3-4,6-7,9-10,18H,5H2,1-2H3,(H2,15,16,19)/t7-,9?,10-/m1/s1. The molecule has 0 aliphatic carbocycles. The molecule has 20 heavy (non-hydrogen) atoms. The predicted molar refractivity (Wildman–Crippen MR) is 67.2 cm³/mol. The lowest BCUT2D eigenvalue weighted by atomic mass is 10.00. The number of nitrogens with zero attached hydrogens (tertiary/aromatic N) is 2. The number of ether oxygens (including phenoxy) is 1. The number of anilines is 1. The van der Waals surface area contributed by atoms with Gasteiger partial charge in [-0.05, 0) is 18.4 Å². The van der Waals surface area contributed by atoms with E-state index < -0.39 is 30.0 Å². The van der Waals surface area contributed by atoms with Crippen molar-refractivity contribution in [2.75, 3.05) is 5.73 Å². The second-order valence-electron chi connectivity index (χ2n) is 5.32. The number of alkyl halides is 2. The van der Waals surface area contributed by atoms with Crippen LogP contribution in [0.5, 0.6) is 0 Å². The summed E-state index contributed by atoms with van der Waals surface area (Å²) in [6.45, 7) is 3.66. The number of hydrogen-bond donors (Lipinski definition) is 2. The van der Waals surface area contributed by atoms with Crippen molar-refractivity contribution in [3.63, 3.8) is 0 Å². The Morgan fingerprint density at radius 1 is 1.60 bits per heavy atom. The molecule has 1 aliphatic rings. The van der Waals surface area contributed by atoms with E-state index in [0.29, 0.717) is 4.57 Å². The molecule has 0 amide bonds. The summed E-state index contributed by atoms with van der Waals surface area (Å²) >= 11 is 0. The van der Waals surface area contributed by atoms with Crippen LogP contribution < -0.4 is 11.4 Å². The number of nitrogen functional groups attached to an aromatic ring is 1. The molecule has 1 fully saturated rings. The second kappa shape index (κ2) is 5.10. The van der Waals surface area contributed by atoms with E-state index in [-0.39, 0.29) is 18.2 Å². The molecule has 3 N–H and O–H groups in total. The van der Waals surface area contributed by atoms with Crippen LogP contribution in [-0.4, -0.2) is 32.8 Å². The lowest BCUT2D eigenvalue weighted by molar-refractivity contribution is -0.140. The monoisotopic (exact) mass is 289 g/mol. The quantitative estimate of drug-likeness (QED) is 0.857. The zero-order chi connectivity index (χ0) is 15.1. The van der Waals surface area contributed by atoms with E-state index in [4.69, 9.17) is 10.5 Å². The van der Waals surface area contributed by atoms with Gasteiger partial charge in [0.25, 0.3) is 0 Å². The molecule has 1 aliphatic heterocycles. The second-order valence-corrected chi connectivity index (χ2v) is 5.32. The van der Waals surface area contributed by atoms with Gasteiger partial charge in [0, 0.05) is 6.20 Å². The van der Waals surface area contributed by atoms with Crippen LogP contribution in [0.4, 0.5) is 14.6 Å². The van der Waals surface area contributed by atoms with E-state index in [0.717, 1.165) is 6.20 Å². The average molecular weight is 289 g/mol. The van der Waals surface area contributed by atoms with Crippen LogP contribution in [0.1, 0.15) is 26.5 Å². The Bertz CT molecular complexity index is 547. The number of aromatic nitrogens is 2. The number of hydrogen-bond acceptors (Lipinski definition) is 5. The van der Waals surface area contributed by atoms with Gasteiger partial charge < -0.3 is 15.6 Å². The molecule has 3 atom stereocenters. The fourth-order valence-electron chi connectivity index (χ4n) is 2.23. The summed E-state index contributed by atoms with van der Waals surface area (Å²) in [6.07, 6.45) is -3.50. The lowest BCUT2D eigenvalue weighted by Crippen LogP contribution is -2.41. The van der Waals surface area contributed by atoms with Crippen LogP contribution in [0.25, 0.3) is 0 Å². The van der Waals surface area contributed by atoms with E-state index in [9.17, 15) is 18.7 Å². The van der Waals surface area contributed by atoms with E-state index >= 15 is 0 Å². The van der Waals surface area contributed by atoms with Gasteiger partial charge in [-0.25, -0.2) is 4.79 Å². The first-order chi connectivity index (χ1) is 9.23. The summed E-state index contributed by atoms with van der Waals surface area (Å²) in [7, 11) is 0. The summed E-state index contributed by atoms with van der Waals surface area (Å²) in [4.78, 5) is 15.0. The van der Waals surface area contributed by atoms with Crippen molar-refractivity contribution in [2.45, 2.75) is 44.6 Å². The predicted octanol–water partition coefficient (Wildman–Crippen LogP) is 0.765. The summed E-state index contributed by atoms with van der Waals surface area (Å²) in [5.74, 6) is -3.56. The van der Waals surface area contributed by atoms with Gasteiger partial charge in [0.15, 0.2) is 0 Å². The molecule has 6 nitrogen and oxygen atoms in total. The maximum atomic E-state index is 14.1. The SMILES string of the molecule is CC(C)C[C@H]1O[C@@H](n2ccc(N)nc2=O)C(F)(F)C1O. The third-order valence-corrected chi connectivity index (χ3v) is 3.19. The van der Waals surface area contributed by atoms with Crippen LogP contribution in [0.2, 0.25) is 0 Å². The van der Waals surface area contributed by atoms with Gasteiger partial charge in [-0.3, -0.25) is 4.57 Å². The number of halogens is 2. The molecule has 1 aromatic heterocycles. The van der Waals surface area contributed by atoms with Crippen molar-refractivity contribution in [2.24, 2.45) is 5.92 Å². The number of aliphatic hydroxyl groups is 1. The van der Waals surface area contributed by atoms with Crippen LogP contribution in [0.3, 0.4) is 0 Å². The molecule has 8 heteroatoms. The first-order valence-electron chi connectivity index (χ1n) is 6.29. The number of rotatable bonds is 3. The molecule has 0 spiro atoms. The number of nitrogens with two attached hydrogens (primary N) is 1. The first-order valence-corrected chi connectivity index (χ1v) is 6.29. The Kier molecular flexibility index (Phi) is 3.79. The van der Waals surface area contributed by atoms with Crippen molar-refractivity contribution in [3.8, 4) is 0 Å². The zero-order valence-electron chi connectivity index (χ0n) is 11.2. The maximum Gasteiger partial charge on any atom is 0.351 e. The van der Waals surface area contributed by atoms with Gasteiger partial charge in [-0.1, -0.05) is 13.8 Å². The van der Waals surface area contributed by atoms with Gasteiger partial charge in [0.1, 0.15) is 11.9 Å². The molecule has 112 valence electrons. The van der Waals surface area contributed by atoms with Crippen LogP contribution in [0.15, 0.2) is 17.1 Å². The van der Waals surface area contributed by atoms with Crippen molar-refractivity contribution in [3.05, 3.63) is 22.7 Å². The van der Waals surface area contributed by atoms with E-state index in [1.807, 2.05) is 13.8 Å². The van der Waals surface area contributed by atoms with Crippen molar-refractivity contribution in [1.82, 2.24) is 9.55 Å². The topological polar surface area (TPSA) is 90.4 Å².